The Labute approximate surface area is 35.6 Å². The topological polar surface area (TPSA) is 0 Å². The van der Waals surface area contributed by atoms with Crippen LogP contribution in [0.2, 0.25) is 0 Å². The van der Waals surface area contributed by atoms with Gasteiger partial charge in [-0.25, -0.2) is 0 Å². The zero-order valence-electron chi connectivity index (χ0n) is 2.36. The lowest BCUT2D eigenvalue weighted by Gasteiger charge is -1.67. The van der Waals surface area contributed by atoms with Crippen LogP contribution in [-0.2, 0) is 9.11 Å². The van der Waals surface area contributed by atoms with E-state index >= 15 is 0 Å². The first-order valence-corrected chi connectivity index (χ1v) is 4.71. The van der Waals surface area contributed by atoms with Crippen molar-refractivity contribution < 1.29 is 0 Å². The zero-order valence-corrected chi connectivity index (χ0v) is 5.07. The van der Waals surface area contributed by atoms with Gasteiger partial charge in [0.25, 0.3) is 0 Å². The van der Waals surface area contributed by atoms with Crippen molar-refractivity contribution in [3.8, 4) is 0 Å². The fraction of sp³-hybridized carbons (Fsp3) is 1.00. The molecular formula is CH5PS2. The minimum absolute atomic E-state index is 0.139. The molecule has 0 aliphatic rings. The lowest BCUT2D eigenvalue weighted by molar-refractivity contribution is 2.53. The molecule has 0 radical (unpaired) electrons. The Kier molecular flexibility index (Phi) is 2.81. The Morgan fingerprint density at radius 3 is 2.00 bits per heavy atom. The highest BCUT2D eigenvalue weighted by Gasteiger charge is 1.49. The lowest BCUT2D eigenvalue weighted by Crippen LogP contribution is -1.47. The van der Waals surface area contributed by atoms with Crippen LogP contribution in [0.4, 0.5) is 0 Å². The smallest absolute Gasteiger partial charge is 0.0104 e. The average molecular weight is 112 g/mol. The molecule has 0 aromatic carbocycles. The molecule has 0 bridgehead atoms. The monoisotopic (exact) mass is 112 g/mol. The highest BCUT2D eigenvalue weighted by molar-refractivity contribution is 8.71. The largest absolute Gasteiger partial charge is 0.114 e. The van der Waals surface area contributed by atoms with Gasteiger partial charge in [0.05, 0.1) is 0 Å². The van der Waals surface area contributed by atoms with E-state index in [0.29, 0.717) is 0 Å². The zero-order chi connectivity index (χ0) is 3.58. The van der Waals surface area contributed by atoms with Gasteiger partial charge >= 0.3 is 0 Å². The Hall–Kier alpha value is 1.000. The molecule has 0 saturated carbocycles. The van der Waals surface area contributed by atoms with Gasteiger partial charge in [0.2, 0.25) is 0 Å². The summed E-state index contributed by atoms with van der Waals surface area (Å²) in [5, 5.41) is 0. The molecule has 4 heavy (non-hydrogen) atoms. The summed E-state index contributed by atoms with van der Waals surface area (Å²) in [7, 11) is 3.34. The van der Waals surface area contributed by atoms with Gasteiger partial charge in [-0.05, 0) is 6.26 Å². The van der Waals surface area contributed by atoms with Crippen LogP contribution in [0, 0.1) is 0 Å². The van der Waals surface area contributed by atoms with Crippen molar-refractivity contribution in [1.82, 2.24) is 0 Å². The van der Waals surface area contributed by atoms with Gasteiger partial charge in [-0.2, -0.15) is 0 Å². The van der Waals surface area contributed by atoms with Crippen molar-refractivity contribution in [1.29, 1.82) is 0 Å². The van der Waals surface area contributed by atoms with Gasteiger partial charge in [0.1, 0.15) is 0 Å². The molecule has 1 atom stereocenters. The molecule has 0 spiro atoms. The quantitative estimate of drug-likeness (QED) is 0.271. The van der Waals surface area contributed by atoms with Crippen LogP contribution in [0.5, 0.6) is 0 Å². The first-order chi connectivity index (χ1) is 1.73. The van der Waals surface area contributed by atoms with Crippen LogP contribution < -0.4 is 0 Å². The lowest BCUT2D eigenvalue weighted by atomic mass is 12.0. The Morgan fingerprint density at radius 1 is 2.00 bits per heavy atom. The van der Waals surface area contributed by atoms with E-state index in [2.05, 4.69) is 19.7 Å². The molecule has 3 heteroatoms. The molecule has 0 saturated heterocycles. The maximum Gasteiger partial charge on any atom is -0.0104 e. The number of rotatable bonds is 0. The van der Waals surface area contributed by atoms with Crippen LogP contribution in [-0.4, -0.2) is 6.26 Å². The molecular weight excluding hydrogens is 107 g/mol. The van der Waals surface area contributed by atoms with Crippen LogP contribution >= 0.6 is 19.7 Å². The maximum absolute atomic E-state index is 3.91. The molecule has 0 amide bonds. The number of hydrogen-bond donors (Lipinski definition) is 1. The van der Waals surface area contributed by atoms with Crippen LogP contribution in [0.25, 0.3) is 0 Å². The summed E-state index contributed by atoms with van der Waals surface area (Å²) < 4.78 is 0. The molecule has 0 aliphatic carbocycles. The third kappa shape index (κ3) is 12.0. The average Bonchev–Trinajstić information content (AvgIpc) is 0.811. The minimum Gasteiger partial charge on any atom is -0.114 e. The molecule has 0 aliphatic heterocycles. The third-order valence-corrected chi connectivity index (χ3v) is 0. The van der Waals surface area contributed by atoms with E-state index in [1.54, 1.807) is 0 Å². The Bertz CT molecular complexity index is 29.0. The Balaban J connectivity index is 2.80. The van der Waals surface area contributed by atoms with E-state index in [1.807, 2.05) is 6.26 Å². The second-order valence-electron chi connectivity index (χ2n) is 0.478. The van der Waals surface area contributed by atoms with Crippen LogP contribution in [0.15, 0.2) is 0 Å². The molecule has 1 unspecified atom stereocenters. The predicted octanol–water partition coefficient (Wildman–Crippen LogP) is 1.14. The third-order valence-electron chi connectivity index (χ3n) is 0. The van der Waals surface area contributed by atoms with Crippen molar-refractivity contribution in [2.24, 2.45) is 0 Å². The fourth-order valence-corrected chi connectivity index (χ4v) is 0. The second kappa shape index (κ2) is 2.25. The van der Waals surface area contributed by atoms with Crippen LogP contribution in [0.3, 0.4) is 0 Å². The first-order valence-electron chi connectivity index (χ1n) is 0.795. The van der Waals surface area contributed by atoms with E-state index < -0.39 is 0 Å². The first kappa shape index (κ1) is 5.00. The highest BCUT2D eigenvalue weighted by Crippen LogP contribution is 1.84. The summed E-state index contributed by atoms with van der Waals surface area (Å²) in [6.07, 6.45) is 1.97. The normalized spacial score (nSPS) is 15.5. The van der Waals surface area contributed by atoms with Crippen molar-refractivity contribution in [2.75, 3.05) is 6.26 Å². The van der Waals surface area contributed by atoms with E-state index in [-0.39, 0.29) is 9.11 Å². The van der Waals surface area contributed by atoms with Crippen molar-refractivity contribution in [2.45, 2.75) is 0 Å². The number of thiol groups is 1. The summed E-state index contributed by atoms with van der Waals surface area (Å²) in [5.74, 6) is 0. The van der Waals surface area contributed by atoms with E-state index in [1.165, 1.54) is 0 Å². The molecule has 0 fully saturated rings. The summed E-state index contributed by atoms with van der Waals surface area (Å²) in [6, 6.07) is 0. The molecule has 26 valence electrons. The maximum atomic E-state index is 3.91. The predicted molar refractivity (Wildman–Crippen MR) is 30.6 cm³/mol. The van der Waals surface area contributed by atoms with Crippen molar-refractivity contribution in [3.05, 3.63) is 0 Å². The standard InChI is InChI=1S/CH5PS2/c1-4(2)3/h2-3H,1H3. The Morgan fingerprint density at radius 2 is 2.00 bits per heavy atom. The van der Waals surface area contributed by atoms with Gasteiger partial charge in [0.15, 0.2) is 0 Å². The molecule has 0 aromatic heterocycles. The van der Waals surface area contributed by atoms with Crippen molar-refractivity contribution >= 4 is 28.8 Å². The van der Waals surface area contributed by atoms with E-state index in [0.717, 1.165) is 0 Å². The summed E-state index contributed by atoms with van der Waals surface area (Å²) in [6.45, 7) is 0. The van der Waals surface area contributed by atoms with E-state index in [9.17, 15) is 0 Å². The van der Waals surface area contributed by atoms with Gasteiger partial charge < -0.3 is 0 Å². The SMILES string of the molecule is CS(=P)S. The van der Waals surface area contributed by atoms with E-state index in [4.69, 9.17) is 0 Å². The number of hydrogen-bond acceptors (Lipinski definition) is 0. The molecule has 0 rings (SSSR count). The molecule has 0 nitrogen and oxygen atoms in total. The summed E-state index contributed by atoms with van der Waals surface area (Å²) >= 11 is 3.91. The highest BCUT2D eigenvalue weighted by atomic mass is 33.2. The van der Waals surface area contributed by atoms with Crippen molar-refractivity contribution in [3.63, 3.8) is 0 Å². The molecule has 0 N–H and O–H groups in total. The minimum atomic E-state index is 0.139. The van der Waals surface area contributed by atoms with Gasteiger partial charge in [-0.1, -0.05) is 8.02 Å². The summed E-state index contributed by atoms with van der Waals surface area (Å²) in [4.78, 5) is 0. The molecule has 0 heterocycles. The van der Waals surface area contributed by atoms with Gasteiger partial charge in [0, 0.05) is 0 Å². The van der Waals surface area contributed by atoms with Gasteiger partial charge in [-0.3, -0.25) is 0 Å². The molecule has 0 aromatic rings. The van der Waals surface area contributed by atoms with Gasteiger partial charge in [-0.15, -0.1) is 20.8 Å². The second-order valence-corrected chi connectivity index (χ2v) is 5.95. The summed E-state index contributed by atoms with van der Waals surface area (Å²) in [5.41, 5.74) is 0. The van der Waals surface area contributed by atoms with Crippen LogP contribution in [0.1, 0.15) is 0 Å². The fourth-order valence-electron chi connectivity index (χ4n) is 0.